The predicted molar refractivity (Wildman–Crippen MR) is 281 cm³/mol. The van der Waals surface area contributed by atoms with Gasteiger partial charge in [-0.1, -0.05) is 195 Å². The summed E-state index contributed by atoms with van der Waals surface area (Å²) in [6.45, 7) is 5.24. The molecule has 0 saturated heterocycles. The lowest BCUT2D eigenvalue weighted by molar-refractivity contribution is -0.870. The highest BCUT2D eigenvalue weighted by Gasteiger charge is 2.20. The van der Waals surface area contributed by atoms with Gasteiger partial charge in [-0.15, -0.1) is 0 Å². The number of esters is 1. The molecule has 0 amide bonds. The Morgan fingerprint density at radius 3 is 1.32 bits per heavy atom. The van der Waals surface area contributed by atoms with Gasteiger partial charge < -0.3 is 27.9 Å². The first-order valence-corrected chi connectivity index (χ1v) is 27.9. The molecular weight excluding hydrogens is 842 g/mol. The second-order valence-corrected chi connectivity index (χ2v) is 19.9. The fourth-order valence-corrected chi connectivity index (χ4v) is 7.54. The SMILES string of the molecule is CC/C=C\C/C=C\C/C=C\C/C=C\C/C=C\C/C=C\CCCCCCCCC(=O)OC(COCCCCCCCCCC/C=C\C/C=C\CCCCCC)COP(=O)([O-])OCC[N+](C)(C)C. The van der Waals surface area contributed by atoms with Crippen molar-refractivity contribution in [1.82, 2.24) is 0 Å². The molecule has 0 fully saturated rings. The van der Waals surface area contributed by atoms with Gasteiger partial charge in [-0.3, -0.25) is 9.36 Å². The van der Waals surface area contributed by atoms with Gasteiger partial charge in [0.1, 0.15) is 19.3 Å². The number of allylic oxidation sites excluding steroid dienone is 16. The first kappa shape index (κ1) is 63.4. The van der Waals surface area contributed by atoms with Crippen LogP contribution in [0.2, 0.25) is 0 Å². The van der Waals surface area contributed by atoms with Crippen LogP contribution in [0.3, 0.4) is 0 Å². The highest BCUT2D eigenvalue weighted by Crippen LogP contribution is 2.38. The van der Waals surface area contributed by atoms with Crippen LogP contribution in [0.15, 0.2) is 97.2 Å². The van der Waals surface area contributed by atoms with Crippen molar-refractivity contribution in [2.75, 3.05) is 54.1 Å². The Morgan fingerprint density at radius 2 is 0.879 bits per heavy atom. The van der Waals surface area contributed by atoms with Crippen LogP contribution in [0.1, 0.15) is 200 Å². The Labute approximate surface area is 407 Å². The number of quaternary nitrogens is 1. The van der Waals surface area contributed by atoms with E-state index in [1.54, 1.807) is 0 Å². The zero-order chi connectivity index (χ0) is 48.3. The molecule has 0 aliphatic heterocycles. The maximum atomic E-state index is 12.8. The van der Waals surface area contributed by atoms with E-state index in [9.17, 15) is 14.3 Å². The molecule has 0 aliphatic rings. The molecule has 66 heavy (non-hydrogen) atoms. The Bertz CT molecular complexity index is 1370. The third kappa shape index (κ3) is 52.4. The minimum absolute atomic E-state index is 0.0164. The second-order valence-electron chi connectivity index (χ2n) is 18.5. The zero-order valence-electron chi connectivity index (χ0n) is 43.1. The van der Waals surface area contributed by atoms with Crippen molar-refractivity contribution in [2.24, 2.45) is 0 Å². The first-order valence-electron chi connectivity index (χ1n) is 26.5. The fourth-order valence-electron chi connectivity index (χ4n) is 6.81. The van der Waals surface area contributed by atoms with Crippen molar-refractivity contribution in [3.05, 3.63) is 97.2 Å². The summed E-state index contributed by atoms with van der Waals surface area (Å²) in [5.41, 5.74) is 0. The largest absolute Gasteiger partial charge is 0.756 e. The molecule has 0 radical (unpaired) electrons. The molecule has 8 nitrogen and oxygen atoms in total. The van der Waals surface area contributed by atoms with E-state index < -0.39 is 13.9 Å². The standard InChI is InChI=1S/C57H100NO7P/c1-6-8-10-12-14-16-18-20-22-24-26-27-28-29-30-31-32-34-36-38-40-42-44-46-48-50-57(59)65-56(55-64-66(60,61)63-53-51-58(3,4)5)54-62-52-49-47-45-43-41-39-37-35-33-25-23-21-19-17-15-13-11-9-7-2/h8,10,14,16-17,19-20,22-23,25-27,29-30,32,34,56H,6-7,9,11-13,15,18,21,24,28,31,33,35-55H2,1-5H3/b10-8-,16-14-,19-17-,22-20-,25-23-,27-26-,30-29-,34-32-. The predicted octanol–water partition coefficient (Wildman–Crippen LogP) is 15.9. The highest BCUT2D eigenvalue weighted by molar-refractivity contribution is 7.45. The maximum Gasteiger partial charge on any atom is 0.306 e. The summed E-state index contributed by atoms with van der Waals surface area (Å²) in [6.07, 6.45) is 67.1. The topological polar surface area (TPSA) is 94.1 Å². The molecule has 0 aromatic rings. The van der Waals surface area contributed by atoms with Gasteiger partial charge in [-0.25, -0.2) is 0 Å². The number of nitrogens with zero attached hydrogens (tertiary/aromatic N) is 1. The number of phosphoric acid groups is 1. The normalized spacial score (nSPS) is 14.3. The Morgan fingerprint density at radius 1 is 0.485 bits per heavy atom. The highest BCUT2D eigenvalue weighted by atomic mass is 31.2. The Balaban J connectivity index is 4.21. The summed E-state index contributed by atoms with van der Waals surface area (Å²) in [7, 11) is 1.33. The maximum absolute atomic E-state index is 12.8. The quantitative estimate of drug-likeness (QED) is 0.0197. The third-order valence-electron chi connectivity index (χ3n) is 10.9. The minimum atomic E-state index is -4.55. The van der Waals surface area contributed by atoms with E-state index >= 15 is 0 Å². The molecule has 2 unspecified atom stereocenters. The number of carbonyl (C=O) groups is 1. The van der Waals surface area contributed by atoms with E-state index in [2.05, 4.69) is 111 Å². The molecule has 0 bridgehead atoms. The molecule has 0 aromatic carbocycles. The number of likely N-dealkylation sites (N-methyl/N-ethyl adjacent to an activating group) is 1. The van der Waals surface area contributed by atoms with Crippen LogP contribution in [-0.4, -0.2) is 70.7 Å². The number of ether oxygens (including phenoxy) is 2. The van der Waals surface area contributed by atoms with E-state index in [1.165, 1.54) is 89.9 Å². The molecule has 0 aliphatic carbocycles. The van der Waals surface area contributed by atoms with E-state index in [-0.39, 0.29) is 32.2 Å². The lowest BCUT2D eigenvalue weighted by Crippen LogP contribution is -2.37. The second kappa shape index (κ2) is 48.9. The van der Waals surface area contributed by atoms with Crippen molar-refractivity contribution >= 4 is 13.8 Å². The van der Waals surface area contributed by atoms with E-state index in [4.69, 9.17) is 18.5 Å². The molecule has 0 spiro atoms. The molecule has 2 atom stereocenters. The molecule has 0 rings (SSSR count). The van der Waals surface area contributed by atoms with Crippen LogP contribution in [0.4, 0.5) is 0 Å². The van der Waals surface area contributed by atoms with Crippen molar-refractivity contribution in [3.63, 3.8) is 0 Å². The van der Waals surface area contributed by atoms with E-state index in [0.717, 1.165) is 89.9 Å². The van der Waals surface area contributed by atoms with Crippen molar-refractivity contribution in [3.8, 4) is 0 Å². The van der Waals surface area contributed by atoms with Crippen molar-refractivity contribution < 1.29 is 37.3 Å². The van der Waals surface area contributed by atoms with Crippen molar-refractivity contribution in [2.45, 2.75) is 206 Å². The van der Waals surface area contributed by atoms with Crippen LogP contribution in [0.5, 0.6) is 0 Å². The van der Waals surface area contributed by atoms with Gasteiger partial charge in [0.15, 0.2) is 0 Å². The van der Waals surface area contributed by atoms with Gasteiger partial charge in [0.25, 0.3) is 7.82 Å². The molecule has 9 heteroatoms. The minimum Gasteiger partial charge on any atom is -0.756 e. The van der Waals surface area contributed by atoms with Crippen LogP contribution in [0.25, 0.3) is 0 Å². The van der Waals surface area contributed by atoms with E-state index in [1.807, 2.05) is 21.1 Å². The number of carbonyl (C=O) groups excluding carboxylic acids is 1. The van der Waals surface area contributed by atoms with Gasteiger partial charge >= 0.3 is 5.97 Å². The van der Waals surface area contributed by atoms with Crippen LogP contribution in [0, 0.1) is 0 Å². The summed E-state index contributed by atoms with van der Waals surface area (Å²) in [6, 6.07) is 0. The summed E-state index contributed by atoms with van der Waals surface area (Å²) >= 11 is 0. The number of unbranched alkanes of at least 4 members (excludes halogenated alkanes) is 18. The Hall–Kier alpha value is -2.58. The summed E-state index contributed by atoms with van der Waals surface area (Å²) < 4.78 is 34.8. The third-order valence-corrected chi connectivity index (χ3v) is 11.8. The first-order chi connectivity index (χ1) is 32.1. The summed E-state index contributed by atoms with van der Waals surface area (Å²) in [4.78, 5) is 25.2. The number of phosphoric ester groups is 1. The zero-order valence-corrected chi connectivity index (χ0v) is 44.0. The molecule has 0 N–H and O–H groups in total. The average molecular weight is 942 g/mol. The fraction of sp³-hybridized carbons (Fsp3) is 0.702. The Kier molecular flexibility index (Phi) is 47.0. The average Bonchev–Trinajstić information content (AvgIpc) is 3.28. The molecular formula is C57H100NO7P. The van der Waals surface area contributed by atoms with Crippen LogP contribution in [-0.2, 0) is 27.9 Å². The number of hydrogen-bond acceptors (Lipinski definition) is 7. The molecule has 0 heterocycles. The van der Waals surface area contributed by atoms with Gasteiger partial charge in [0.2, 0.25) is 0 Å². The lowest BCUT2D eigenvalue weighted by Gasteiger charge is -2.28. The molecule has 380 valence electrons. The molecule has 0 saturated carbocycles. The summed E-state index contributed by atoms with van der Waals surface area (Å²) in [5, 5.41) is 0. The van der Waals surface area contributed by atoms with Crippen LogP contribution >= 0.6 is 7.82 Å². The van der Waals surface area contributed by atoms with Gasteiger partial charge in [-0.2, -0.15) is 0 Å². The number of hydrogen-bond donors (Lipinski definition) is 0. The number of rotatable bonds is 48. The smallest absolute Gasteiger partial charge is 0.306 e. The van der Waals surface area contributed by atoms with Gasteiger partial charge in [0, 0.05) is 13.0 Å². The monoisotopic (exact) mass is 942 g/mol. The van der Waals surface area contributed by atoms with E-state index in [0.29, 0.717) is 17.6 Å². The van der Waals surface area contributed by atoms with Gasteiger partial charge in [-0.05, 0) is 96.3 Å². The lowest BCUT2D eigenvalue weighted by atomic mass is 10.1. The van der Waals surface area contributed by atoms with Crippen molar-refractivity contribution in [1.29, 1.82) is 0 Å². The molecule has 0 aromatic heterocycles. The van der Waals surface area contributed by atoms with Gasteiger partial charge in [0.05, 0.1) is 34.4 Å². The summed E-state index contributed by atoms with van der Waals surface area (Å²) in [5.74, 6) is -0.354. The van der Waals surface area contributed by atoms with Crippen LogP contribution < -0.4 is 4.89 Å².